The maximum absolute atomic E-state index is 9.75. The number of nitrogens with zero attached hydrogens (tertiary/aromatic N) is 1. The molecule has 0 bridgehead atoms. The molecular formula is C17H25ClN2O2. The van der Waals surface area contributed by atoms with Gasteiger partial charge < -0.3 is 15.2 Å². The van der Waals surface area contributed by atoms with Crippen molar-refractivity contribution < 1.29 is 9.84 Å². The molecule has 0 spiro atoms. The quantitative estimate of drug-likeness (QED) is 0.873. The Hall–Kier alpha value is -0.810. The van der Waals surface area contributed by atoms with Crippen LogP contribution in [-0.2, 0) is 6.54 Å². The second-order valence-electron chi connectivity index (χ2n) is 6.39. The first-order valence-corrected chi connectivity index (χ1v) is 8.53. The van der Waals surface area contributed by atoms with Crippen molar-refractivity contribution >= 4 is 11.6 Å². The van der Waals surface area contributed by atoms with Crippen LogP contribution in [0.3, 0.4) is 0 Å². The Labute approximate surface area is 137 Å². The van der Waals surface area contributed by atoms with Gasteiger partial charge in [0.15, 0.2) is 0 Å². The van der Waals surface area contributed by atoms with E-state index in [4.69, 9.17) is 16.3 Å². The van der Waals surface area contributed by atoms with Gasteiger partial charge in [0.1, 0.15) is 5.75 Å². The van der Waals surface area contributed by atoms with E-state index in [0.29, 0.717) is 17.1 Å². The first kappa shape index (κ1) is 16.1. The highest BCUT2D eigenvalue weighted by Crippen LogP contribution is 2.28. The number of aliphatic hydroxyl groups is 1. The summed E-state index contributed by atoms with van der Waals surface area (Å²) in [7, 11) is 1.64. The molecule has 0 radical (unpaired) electrons. The lowest BCUT2D eigenvalue weighted by Crippen LogP contribution is -2.46. The molecule has 122 valence electrons. The van der Waals surface area contributed by atoms with Crippen LogP contribution in [0.25, 0.3) is 0 Å². The third-order valence-corrected chi connectivity index (χ3v) is 5.24. The van der Waals surface area contributed by atoms with Crippen molar-refractivity contribution in [2.24, 2.45) is 0 Å². The standard InChI is InChI=1S/C17H25ClN2O2/c1-22-17-9-12(5-6-14(17)18)10-19-15-3-2-4-16(15)20-8-7-13(21)11-20/h5-6,9,13,15-16,19,21H,2-4,7-8,10-11H2,1H3/t13?,15-,16+/m1/s1. The second kappa shape index (κ2) is 7.18. The molecule has 0 aromatic heterocycles. The summed E-state index contributed by atoms with van der Waals surface area (Å²) in [4.78, 5) is 2.46. The first-order valence-electron chi connectivity index (χ1n) is 8.15. The zero-order valence-electron chi connectivity index (χ0n) is 13.1. The molecule has 1 aromatic carbocycles. The second-order valence-corrected chi connectivity index (χ2v) is 6.80. The largest absolute Gasteiger partial charge is 0.495 e. The van der Waals surface area contributed by atoms with Gasteiger partial charge in [0.2, 0.25) is 0 Å². The van der Waals surface area contributed by atoms with Gasteiger partial charge in [-0.25, -0.2) is 0 Å². The van der Waals surface area contributed by atoms with E-state index >= 15 is 0 Å². The first-order chi connectivity index (χ1) is 10.7. The molecule has 2 N–H and O–H groups in total. The average Bonchev–Trinajstić information content (AvgIpc) is 3.14. The van der Waals surface area contributed by atoms with E-state index in [2.05, 4.69) is 10.2 Å². The molecule has 3 rings (SSSR count). The molecule has 1 saturated heterocycles. The Morgan fingerprint density at radius 1 is 1.36 bits per heavy atom. The summed E-state index contributed by atoms with van der Waals surface area (Å²) >= 11 is 6.07. The summed E-state index contributed by atoms with van der Waals surface area (Å²) < 4.78 is 5.28. The normalized spacial score (nSPS) is 29.1. The number of nitrogens with one attached hydrogen (secondary N) is 1. The molecule has 4 nitrogen and oxygen atoms in total. The zero-order chi connectivity index (χ0) is 15.5. The third-order valence-electron chi connectivity index (χ3n) is 4.93. The summed E-state index contributed by atoms with van der Waals surface area (Å²) in [6.07, 6.45) is 4.48. The number of aliphatic hydroxyl groups excluding tert-OH is 1. The Balaban J connectivity index is 1.58. The Kier molecular flexibility index (Phi) is 5.24. The smallest absolute Gasteiger partial charge is 0.137 e. The van der Waals surface area contributed by atoms with Crippen LogP contribution in [-0.4, -0.2) is 48.4 Å². The predicted octanol–water partition coefficient (Wildman–Crippen LogP) is 2.43. The lowest BCUT2D eigenvalue weighted by molar-refractivity contribution is 0.150. The molecule has 1 unspecified atom stereocenters. The minimum absolute atomic E-state index is 0.137. The Morgan fingerprint density at radius 2 is 2.23 bits per heavy atom. The fourth-order valence-electron chi connectivity index (χ4n) is 3.75. The van der Waals surface area contributed by atoms with Crippen LogP contribution in [0.1, 0.15) is 31.2 Å². The molecule has 1 aliphatic carbocycles. The van der Waals surface area contributed by atoms with Crippen molar-refractivity contribution in [1.82, 2.24) is 10.2 Å². The van der Waals surface area contributed by atoms with Crippen molar-refractivity contribution in [2.75, 3.05) is 20.2 Å². The van der Waals surface area contributed by atoms with Crippen LogP contribution in [0.5, 0.6) is 5.75 Å². The van der Waals surface area contributed by atoms with Crippen molar-refractivity contribution in [1.29, 1.82) is 0 Å². The monoisotopic (exact) mass is 324 g/mol. The SMILES string of the molecule is COc1cc(CN[C@@H]2CCC[C@@H]2N2CCC(O)C2)ccc1Cl. The van der Waals surface area contributed by atoms with Gasteiger partial charge in [-0.1, -0.05) is 24.1 Å². The zero-order valence-corrected chi connectivity index (χ0v) is 13.9. The summed E-state index contributed by atoms with van der Waals surface area (Å²) in [5, 5.41) is 14.1. The highest BCUT2D eigenvalue weighted by atomic mass is 35.5. The van der Waals surface area contributed by atoms with Crippen LogP contribution >= 0.6 is 11.6 Å². The van der Waals surface area contributed by atoms with Crippen LogP contribution in [0.4, 0.5) is 0 Å². The summed E-state index contributed by atoms with van der Waals surface area (Å²) in [5.41, 5.74) is 1.19. The van der Waals surface area contributed by atoms with Crippen molar-refractivity contribution in [3.8, 4) is 5.75 Å². The number of methoxy groups -OCH3 is 1. The lowest BCUT2D eigenvalue weighted by atomic mass is 10.1. The molecular weight excluding hydrogens is 300 g/mol. The lowest BCUT2D eigenvalue weighted by Gasteiger charge is -2.30. The van der Waals surface area contributed by atoms with Crippen LogP contribution in [0.2, 0.25) is 5.02 Å². The molecule has 2 fully saturated rings. The number of hydrogen-bond donors (Lipinski definition) is 2. The van der Waals surface area contributed by atoms with Crippen LogP contribution in [0.15, 0.2) is 18.2 Å². The van der Waals surface area contributed by atoms with E-state index in [0.717, 1.165) is 31.8 Å². The van der Waals surface area contributed by atoms with E-state index in [-0.39, 0.29) is 6.10 Å². The number of β-amino-alcohol motifs (C(OH)–C–C–N with tert-alkyl or cyclic N) is 1. The molecule has 1 aliphatic heterocycles. The Bertz CT molecular complexity index is 511. The van der Waals surface area contributed by atoms with Crippen LogP contribution < -0.4 is 10.1 Å². The molecule has 3 atom stereocenters. The maximum atomic E-state index is 9.75. The summed E-state index contributed by atoms with van der Waals surface area (Å²) in [5.74, 6) is 0.728. The van der Waals surface area contributed by atoms with Gasteiger partial charge in [-0.3, -0.25) is 4.90 Å². The van der Waals surface area contributed by atoms with Gasteiger partial charge >= 0.3 is 0 Å². The van der Waals surface area contributed by atoms with Gasteiger partial charge in [-0.05, 0) is 37.0 Å². The van der Waals surface area contributed by atoms with Gasteiger partial charge in [0, 0.05) is 31.7 Å². The highest BCUT2D eigenvalue weighted by Gasteiger charge is 2.35. The summed E-state index contributed by atoms with van der Waals surface area (Å²) in [6, 6.07) is 7.00. The van der Waals surface area contributed by atoms with Crippen LogP contribution in [0, 0.1) is 0 Å². The minimum Gasteiger partial charge on any atom is -0.495 e. The number of benzene rings is 1. The molecule has 1 saturated carbocycles. The molecule has 0 amide bonds. The van der Waals surface area contributed by atoms with Crippen molar-refractivity contribution in [3.63, 3.8) is 0 Å². The Morgan fingerprint density at radius 3 is 2.95 bits per heavy atom. The van der Waals surface area contributed by atoms with Crippen molar-refractivity contribution in [2.45, 2.75) is 50.4 Å². The van der Waals surface area contributed by atoms with Gasteiger partial charge in [-0.2, -0.15) is 0 Å². The third kappa shape index (κ3) is 3.57. The molecule has 5 heteroatoms. The van der Waals surface area contributed by atoms with E-state index < -0.39 is 0 Å². The molecule has 2 aliphatic rings. The fourth-order valence-corrected chi connectivity index (χ4v) is 3.94. The minimum atomic E-state index is -0.137. The predicted molar refractivity (Wildman–Crippen MR) is 88.5 cm³/mol. The van der Waals surface area contributed by atoms with Gasteiger partial charge in [0.05, 0.1) is 18.2 Å². The molecule has 1 heterocycles. The highest BCUT2D eigenvalue weighted by molar-refractivity contribution is 6.32. The van der Waals surface area contributed by atoms with E-state index in [1.54, 1.807) is 7.11 Å². The number of halogens is 1. The van der Waals surface area contributed by atoms with Gasteiger partial charge in [-0.15, -0.1) is 0 Å². The van der Waals surface area contributed by atoms with Crippen molar-refractivity contribution in [3.05, 3.63) is 28.8 Å². The summed E-state index contributed by atoms with van der Waals surface area (Å²) in [6.45, 7) is 2.68. The maximum Gasteiger partial charge on any atom is 0.137 e. The molecule has 22 heavy (non-hydrogen) atoms. The topological polar surface area (TPSA) is 44.7 Å². The number of ether oxygens (including phenoxy) is 1. The molecule has 1 aromatic rings. The number of rotatable bonds is 5. The van der Waals surface area contributed by atoms with Gasteiger partial charge in [0.25, 0.3) is 0 Å². The van der Waals surface area contributed by atoms with E-state index in [9.17, 15) is 5.11 Å². The fraction of sp³-hybridized carbons (Fsp3) is 0.647. The number of likely N-dealkylation sites (tertiary alicyclic amines) is 1. The number of hydrogen-bond acceptors (Lipinski definition) is 4. The van der Waals surface area contributed by atoms with E-state index in [1.165, 1.54) is 24.8 Å². The van der Waals surface area contributed by atoms with E-state index in [1.807, 2.05) is 18.2 Å². The average molecular weight is 325 g/mol.